The van der Waals surface area contributed by atoms with Gasteiger partial charge in [0, 0.05) is 18.8 Å². The summed E-state index contributed by atoms with van der Waals surface area (Å²) in [5, 5.41) is 0. The molecule has 0 fully saturated rings. The second-order valence-electron chi connectivity index (χ2n) is 2.91. The minimum atomic E-state index is -0.0272. The van der Waals surface area contributed by atoms with Crippen molar-refractivity contribution < 1.29 is 4.79 Å². The van der Waals surface area contributed by atoms with Crippen molar-refractivity contribution in [3.8, 4) is 0 Å². The Morgan fingerprint density at radius 1 is 1.54 bits per heavy atom. The average Bonchev–Trinajstić information content (AvgIpc) is 2.04. The number of rotatable bonds is 2. The van der Waals surface area contributed by atoms with Crippen LogP contribution in [0.5, 0.6) is 0 Å². The van der Waals surface area contributed by atoms with Crippen LogP contribution >= 0.6 is 0 Å². The molecule has 1 amide bonds. The standard InChI is InChI=1S/C11H13NO/c1-4-12(10(3)13)11-7-5-6-9(2)8-11/h4-8H,1H2,2-3H3. The molecule has 0 aliphatic carbocycles. The SMILES string of the molecule is C=CN(C(C)=O)c1cccc(C)c1. The number of hydrogen-bond donors (Lipinski definition) is 0. The molecule has 0 N–H and O–H groups in total. The summed E-state index contributed by atoms with van der Waals surface area (Å²) in [6.45, 7) is 7.10. The Morgan fingerprint density at radius 3 is 2.69 bits per heavy atom. The molecule has 2 heteroatoms. The number of carbonyl (C=O) groups excluding carboxylic acids is 1. The van der Waals surface area contributed by atoms with E-state index in [1.807, 2.05) is 31.2 Å². The first-order chi connectivity index (χ1) is 6.15. The minimum Gasteiger partial charge on any atom is -0.289 e. The van der Waals surface area contributed by atoms with Crippen LogP contribution in [0.2, 0.25) is 0 Å². The number of benzene rings is 1. The fourth-order valence-corrected chi connectivity index (χ4v) is 1.19. The fraction of sp³-hybridized carbons (Fsp3) is 0.182. The van der Waals surface area contributed by atoms with Gasteiger partial charge >= 0.3 is 0 Å². The number of carbonyl (C=O) groups is 1. The third-order valence-electron chi connectivity index (χ3n) is 1.80. The highest BCUT2D eigenvalue weighted by Crippen LogP contribution is 2.15. The summed E-state index contributed by atoms with van der Waals surface area (Å²) in [6, 6.07) is 7.74. The van der Waals surface area contributed by atoms with Crippen LogP contribution in [-0.2, 0) is 4.79 Å². The molecule has 2 nitrogen and oxygen atoms in total. The zero-order chi connectivity index (χ0) is 9.84. The highest BCUT2D eigenvalue weighted by Gasteiger charge is 2.06. The molecule has 13 heavy (non-hydrogen) atoms. The molecule has 0 aromatic heterocycles. The van der Waals surface area contributed by atoms with Gasteiger partial charge in [-0.2, -0.15) is 0 Å². The lowest BCUT2D eigenvalue weighted by atomic mass is 10.2. The minimum absolute atomic E-state index is 0.0272. The summed E-state index contributed by atoms with van der Waals surface area (Å²) in [5.41, 5.74) is 1.99. The van der Waals surface area contributed by atoms with Crippen molar-refractivity contribution in [3.05, 3.63) is 42.6 Å². The zero-order valence-corrected chi connectivity index (χ0v) is 7.95. The van der Waals surface area contributed by atoms with Crippen LogP contribution in [0.1, 0.15) is 12.5 Å². The number of aryl methyl sites for hydroxylation is 1. The van der Waals surface area contributed by atoms with Crippen LogP contribution in [-0.4, -0.2) is 5.91 Å². The molecular formula is C11H13NO. The molecule has 1 aromatic carbocycles. The third kappa shape index (κ3) is 2.18. The Kier molecular flexibility index (Phi) is 2.85. The zero-order valence-electron chi connectivity index (χ0n) is 7.95. The predicted molar refractivity (Wildman–Crippen MR) is 54.5 cm³/mol. The summed E-state index contributed by atoms with van der Waals surface area (Å²) in [5.74, 6) is -0.0272. The van der Waals surface area contributed by atoms with Gasteiger partial charge in [0.2, 0.25) is 5.91 Å². The maximum absolute atomic E-state index is 11.1. The normalized spacial score (nSPS) is 9.38. The highest BCUT2D eigenvalue weighted by molar-refractivity contribution is 5.93. The van der Waals surface area contributed by atoms with E-state index in [2.05, 4.69) is 6.58 Å². The van der Waals surface area contributed by atoms with E-state index >= 15 is 0 Å². The molecule has 0 aliphatic heterocycles. The lowest BCUT2D eigenvalue weighted by Crippen LogP contribution is -2.21. The van der Waals surface area contributed by atoms with Crippen LogP contribution in [0, 0.1) is 6.92 Å². The van der Waals surface area contributed by atoms with Crippen LogP contribution in [0.15, 0.2) is 37.0 Å². The molecule has 68 valence electrons. The molecule has 0 aliphatic rings. The largest absolute Gasteiger partial charge is 0.289 e. The summed E-state index contributed by atoms with van der Waals surface area (Å²) in [7, 11) is 0. The van der Waals surface area contributed by atoms with Crippen molar-refractivity contribution in [2.24, 2.45) is 0 Å². The van der Waals surface area contributed by atoms with Crippen molar-refractivity contribution in [2.45, 2.75) is 13.8 Å². The van der Waals surface area contributed by atoms with Gasteiger partial charge in [-0.3, -0.25) is 9.69 Å². The van der Waals surface area contributed by atoms with Crippen molar-refractivity contribution in [1.82, 2.24) is 0 Å². The maximum Gasteiger partial charge on any atom is 0.227 e. The Hall–Kier alpha value is -1.57. The fourth-order valence-electron chi connectivity index (χ4n) is 1.19. The average molecular weight is 175 g/mol. The Balaban J connectivity index is 3.04. The lowest BCUT2D eigenvalue weighted by Gasteiger charge is -2.15. The first kappa shape index (κ1) is 9.52. The predicted octanol–water partition coefficient (Wildman–Crippen LogP) is 2.49. The van der Waals surface area contributed by atoms with E-state index in [0.29, 0.717) is 0 Å². The lowest BCUT2D eigenvalue weighted by molar-refractivity contribution is -0.115. The van der Waals surface area contributed by atoms with Gasteiger partial charge in [0.15, 0.2) is 0 Å². The van der Waals surface area contributed by atoms with Crippen molar-refractivity contribution in [3.63, 3.8) is 0 Å². The monoisotopic (exact) mass is 175 g/mol. The smallest absolute Gasteiger partial charge is 0.227 e. The molecule has 0 saturated heterocycles. The Labute approximate surface area is 78.5 Å². The van der Waals surface area contributed by atoms with Gasteiger partial charge in [0.05, 0.1) is 0 Å². The van der Waals surface area contributed by atoms with Crippen molar-refractivity contribution in [1.29, 1.82) is 0 Å². The molecule has 0 heterocycles. The molecule has 0 radical (unpaired) electrons. The summed E-state index contributed by atoms with van der Waals surface area (Å²) >= 11 is 0. The molecule has 1 rings (SSSR count). The van der Waals surface area contributed by atoms with Gasteiger partial charge in [-0.25, -0.2) is 0 Å². The number of anilines is 1. The van der Waals surface area contributed by atoms with Crippen molar-refractivity contribution in [2.75, 3.05) is 4.90 Å². The summed E-state index contributed by atoms with van der Waals surface area (Å²) in [6.07, 6.45) is 1.52. The van der Waals surface area contributed by atoms with E-state index < -0.39 is 0 Å². The van der Waals surface area contributed by atoms with Crippen LogP contribution < -0.4 is 4.90 Å². The van der Waals surface area contributed by atoms with Gasteiger partial charge in [0.25, 0.3) is 0 Å². The Bertz CT molecular complexity index is 331. The van der Waals surface area contributed by atoms with Crippen molar-refractivity contribution >= 4 is 11.6 Å². The van der Waals surface area contributed by atoms with E-state index in [0.717, 1.165) is 11.3 Å². The third-order valence-corrected chi connectivity index (χ3v) is 1.80. The number of nitrogens with zero attached hydrogens (tertiary/aromatic N) is 1. The molecule has 0 atom stereocenters. The van der Waals surface area contributed by atoms with Crippen LogP contribution in [0.3, 0.4) is 0 Å². The summed E-state index contributed by atoms with van der Waals surface area (Å²) < 4.78 is 0. The van der Waals surface area contributed by atoms with Gasteiger partial charge in [-0.05, 0) is 24.6 Å². The topological polar surface area (TPSA) is 20.3 Å². The molecule has 0 saturated carbocycles. The van der Waals surface area contributed by atoms with Gasteiger partial charge in [0.1, 0.15) is 0 Å². The number of hydrogen-bond acceptors (Lipinski definition) is 1. The highest BCUT2D eigenvalue weighted by atomic mass is 16.2. The van der Waals surface area contributed by atoms with E-state index in [4.69, 9.17) is 0 Å². The molecule has 0 spiro atoms. The maximum atomic E-state index is 11.1. The first-order valence-electron chi connectivity index (χ1n) is 4.14. The van der Waals surface area contributed by atoms with E-state index in [9.17, 15) is 4.79 Å². The Morgan fingerprint density at radius 2 is 2.23 bits per heavy atom. The van der Waals surface area contributed by atoms with Gasteiger partial charge in [-0.1, -0.05) is 18.7 Å². The van der Waals surface area contributed by atoms with E-state index in [-0.39, 0.29) is 5.91 Å². The van der Waals surface area contributed by atoms with E-state index in [1.54, 1.807) is 0 Å². The van der Waals surface area contributed by atoms with E-state index in [1.165, 1.54) is 18.0 Å². The number of amides is 1. The summed E-state index contributed by atoms with van der Waals surface area (Å²) in [4.78, 5) is 12.7. The first-order valence-corrected chi connectivity index (χ1v) is 4.14. The second kappa shape index (κ2) is 3.90. The molecule has 1 aromatic rings. The molecular weight excluding hydrogens is 162 g/mol. The second-order valence-corrected chi connectivity index (χ2v) is 2.91. The van der Waals surface area contributed by atoms with Gasteiger partial charge < -0.3 is 0 Å². The molecule has 0 bridgehead atoms. The van der Waals surface area contributed by atoms with Gasteiger partial charge in [-0.15, -0.1) is 0 Å². The molecule has 0 unspecified atom stereocenters. The van der Waals surface area contributed by atoms with Crippen LogP contribution in [0.25, 0.3) is 0 Å². The quantitative estimate of drug-likeness (QED) is 0.676. The van der Waals surface area contributed by atoms with Crippen LogP contribution in [0.4, 0.5) is 5.69 Å².